The highest BCUT2D eigenvalue weighted by Crippen LogP contribution is 2.30. The molecule has 2 aromatic rings. The van der Waals surface area contributed by atoms with E-state index < -0.39 is 6.10 Å². The highest BCUT2D eigenvalue weighted by molar-refractivity contribution is 6.39. The third-order valence-electron chi connectivity index (χ3n) is 3.02. The molecule has 0 spiro atoms. The smallest absolute Gasteiger partial charge is 0.265 e. The standard InChI is InChI=1S/C16H14Cl3NO2/c1-9-8-11(17)6-7-14(9)22-10(2)16(21)20-15-12(18)4-3-5-13(15)19/h3-8,10H,1-2H3,(H,20,21)/t10-/m0/s1. The number of nitrogens with one attached hydrogen (secondary N) is 1. The summed E-state index contributed by atoms with van der Waals surface area (Å²) in [7, 11) is 0. The second-order valence-electron chi connectivity index (χ2n) is 4.76. The number of anilines is 1. The number of hydrogen-bond donors (Lipinski definition) is 1. The number of halogens is 3. The van der Waals surface area contributed by atoms with Gasteiger partial charge in [-0.2, -0.15) is 0 Å². The lowest BCUT2D eigenvalue weighted by Gasteiger charge is -2.17. The van der Waals surface area contributed by atoms with E-state index in [2.05, 4.69) is 5.32 Å². The fourth-order valence-corrected chi connectivity index (χ4v) is 2.55. The number of rotatable bonds is 4. The number of hydrogen-bond acceptors (Lipinski definition) is 2. The molecule has 0 fully saturated rings. The van der Waals surface area contributed by atoms with Crippen LogP contribution in [0.25, 0.3) is 0 Å². The third-order valence-corrected chi connectivity index (χ3v) is 3.89. The van der Waals surface area contributed by atoms with E-state index in [1.165, 1.54) is 0 Å². The zero-order valence-electron chi connectivity index (χ0n) is 12.0. The van der Waals surface area contributed by atoms with Gasteiger partial charge in [0.05, 0.1) is 15.7 Å². The van der Waals surface area contributed by atoms with Gasteiger partial charge in [0.2, 0.25) is 0 Å². The van der Waals surface area contributed by atoms with Crippen LogP contribution < -0.4 is 10.1 Å². The molecule has 0 aliphatic rings. The molecule has 116 valence electrons. The average molecular weight is 359 g/mol. The van der Waals surface area contributed by atoms with Crippen molar-refractivity contribution >= 4 is 46.4 Å². The first-order chi connectivity index (χ1) is 10.4. The maximum atomic E-state index is 12.2. The second-order valence-corrected chi connectivity index (χ2v) is 6.01. The third kappa shape index (κ3) is 4.07. The molecule has 0 aliphatic carbocycles. The van der Waals surface area contributed by atoms with Crippen molar-refractivity contribution in [1.29, 1.82) is 0 Å². The van der Waals surface area contributed by atoms with Crippen molar-refractivity contribution < 1.29 is 9.53 Å². The van der Waals surface area contributed by atoms with E-state index in [0.717, 1.165) is 5.56 Å². The van der Waals surface area contributed by atoms with Crippen molar-refractivity contribution in [3.05, 3.63) is 57.0 Å². The van der Waals surface area contributed by atoms with Crippen molar-refractivity contribution in [3.8, 4) is 5.75 Å². The summed E-state index contributed by atoms with van der Waals surface area (Å²) in [6, 6.07) is 10.2. The van der Waals surface area contributed by atoms with Crippen LogP contribution in [0.5, 0.6) is 5.75 Å². The Morgan fingerprint density at radius 1 is 1.14 bits per heavy atom. The number of carbonyl (C=O) groups is 1. The molecule has 6 heteroatoms. The number of aryl methyl sites for hydroxylation is 1. The van der Waals surface area contributed by atoms with Gasteiger partial charge in [0.1, 0.15) is 5.75 Å². The largest absolute Gasteiger partial charge is 0.481 e. The number of benzene rings is 2. The summed E-state index contributed by atoms with van der Waals surface area (Å²) >= 11 is 17.9. The SMILES string of the molecule is Cc1cc(Cl)ccc1O[C@@H](C)C(=O)Nc1c(Cl)cccc1Cl. The summed E-state index contributed by atoms with van der Waals surface area (Å²) in [5.74, 6) is 0.252. The van der Waals surface area contributed by atoms with Gasteiger partial charge in [-0.25, -0.2) is 0 Å². The fourth-order valence-electron chi connectivity index (χ4n) is 1.83. The van der Waals surface area contributed by atoms with Gasteiger partial charge in [0.15, 0.2) is 6.10 Å². The van der Waals surface area contributed by atoms with E-state index in [9.17, 15) is 4.79 Å². The van der Waals surface area contributed by atoms with Crippen molar-refractivity contribution in [2.24, 2.45) is 0 Å². The Balaban J connectivity index is 2.09. The summed E-state index contributed by atoms with van der Waals surface area (Å²) in [6.07, 6.45) is -0.716. The summed E-state index contributed by atoms with van der Waals surface area (Å²) in [5, 5.41) is 4.03. The van der Waals surface area contributed by atoms with Crippen molar-refractivity contribution in [1.82, 2.24) is 0 Å². The maximum absolute atomic E-state index is 12.2. The first kappa shape index (κ1) is 16.9. The topological polar surface area (TPSA) is 38.3 Å². The van der Waals surface area contributed by atoms with Crippen LogP contribution in [-0.2, 0) is 4.79 Å². The molecule has 0 heterocycles. The molecule has 0 aliphatic heterocycles. The number of carbonyl (C=O) groups excluding carboxylic acids is 1. The molecule has 0 aromatic heterocycles. The van der Waals surface area contributed by atoms with Crippen LogP contribution in [0.15, 0.2) is 36.4 Å². The fraction of sp³-hybridized carbons (Fsp3) is 0.188. The first-order valence-electron chi connectivity index (χ1n) is 6.56. The summed E-state index contributed by atoms with van der Waals surface area (Å²) in [5.41, 5.74) is 1.22. The molecule has 0 bridgehead atoms. The highest BCUT2D eigenvalue weighted by atomic mass is 35.5. The molecule has 1 amide bonds. The Hall–Kier alpha value is -1.42. The molecule has 0 radical (unpaired) electrons. The first-order valence-corrected chi connectivity index (χ1v) is 7.69. The molecule has 22 heavy (non-hydrogen) atoms. The van der Waals surface area contributed by atoms with Crippen molar-refractivity contribution in [2.75, 3.05) is 5.32 Å². The van der Waals surface area contributed by atoms with Gasteiger partial charge < -0.3 is 10.1 Å². The van der Waals surface area contributed by atoms with Gasteiger partial charge >= 0.3 is 0 Å². The van der Waals surface area contributed by atoms with Gasteiger partial charge in [-0.3, -0.25) is 4.79 Å². The predicted molar refractivity (Wildman–Crippen MR) is 91.4 cm³/mol. The predicted octanol–water partition coefficient (Wildman–Crippen LogP) is 5.36. The van der Waals surface area contributed by atoms with Crippen LogP contribution in [0.3, 0.4) is 0 Å². The maximum Gasteiger partial charge on any atom is 0.265 e. The van der Waals surface area contributed by atoms with Crippen molar-refractivity contribution in [3.63, 3.8) is 0 Å². The Morgan fingerprint density at radius 3 is 2.36 bits per heavy atom. The minimum Gasteiger partial charge on any atom is -0.481 e. The van der Waals surface area contributed by atoms with Gasteiger partial charge in [0, 0.05) is 5.02 Å². The quantitative estimate of drug-likeness (QED) is 0.799. The molecule has 0 unspecified atom stereocenters. The molecule has 2 rings (SSSR count). The van der Waals surface area contributed by atoms with E-state index in [0.29, 0.717) is 26.5 Å². The lowest BCUT2D eigenvalue weighted by atomic mass is 10.2. The second kappa shape index (κ2) is 7.23. The van der Waals surface area contributed by atoms with Crippen LogP contribution >= 0.6 is 34.8 Å². The summed E-state index contributed by atoms with van der Waals surface area (Å²) in [6.45, 7) is 3.50. The Bertz CT molecular complexity index is 684. The van der Waals surface area contributed by atoms with Crippen LogP contribution in [0.4, 0.5) is 5.69 Å². The normalized spacial score (nSPS) is 11.9. The number of ether oxygens (including phenoxy) is 1. The molecular weight excluding hydrogens is 345 g/mol. The minimum atomic E-state index is -0.716. The van der Waals surface area contributed by atoms with Crippen molar-refractivity contribution in [2.45, 2.75) is 20.0 Å². The Morgan fingerprint density at radius 2 is 1.77 bits per heavy atom. The van der Waals surface area contributed by atoms with Gasteiger partial charge in [-0.05, 0) is 49.7 Å². The molecule has 0 saturated heterocycles. The summed E-state index contributed by atoms with van der Waals surface area (Å²) in [4.78, 5) is 12.2. The molecule has 3 nitrogen and oxygen atoms in total. The zero-order chi connectivity index (χ0) is 16.3. The van der Waals surface area contributed by atoms with Gasteiger partial charge in [-0.1, -0.05) is 40.9 Å². The molecular formula is C16H14Cl3NO2. The van der Waals surface area contributed by atoms with E-state index in [-0.39, 0.29) is 5.91 Å². The van der Waals surface area contributed by atoms with E-state index in [1.807, 2.05) is 6.92 Å². The lowest BCUT2D eigenvalue weighted by Crippen LogP contribution is -2.30. The van der Waals surface area contributed by atoms with Crippen LogP contribution in [0.2, 0.25) is 15.1 Å². The van der Waals surface area contributed by atoms with E-state index in [4.69, 9.17) is 39.5 Å². The van der Waals surface area contributed by atoms with Crippen LogP contribution in [-0.4, -0.2) is 12.0 Å². The average Bonchev–Trinajstić information content (AvgIpc) is 2.45. The number of amides is 1. The molecule has 1 N–H and O–H groups in total. The minimum absolute atomic E-state index is 0.343. The van der Waals surface area contributed by atoms with E-state index >= 15 is 0 Å². The van der Waals surface area contributed by atoms with Gasteiger partial charge in [-0.15, -0.1) is 0 Å². The monoisotopic (exact) mass is 357 g/mol. The molecule has 1 atom stereocenters. The van der Waals surface area contributed by atoms with E-state index in [1.54, 1.807) is 43.3 Å². The zero-order valence-corrected chi connectivity index (χ0v) is 14.3. The highest BCUT2D eigenvalue weighted by Gasteiger charge is 2.18. The lowest BCUT2D eigenvalue weighted by molar-refractivity contribution is -0.122. The molecule has 2 aromatic carbocycles. The van der Waals surface area contributed by atoms with Crippen LogP contribution in [0.1, 0.15) is 12.5 Å². The Kier molecular flexibility index (Phi) is 5.57. The molecule has 0 saturated carbocycles. The number of para-hydroxylation sites is 1. The van der Waals surface area contributed by atoms with Crippen LogP contribution in [0, 0.1) is 6.92 Å². The summed E-state index contributed by atoms with van der Waals surface area (Å²) < 4.78 is 5.66. The van der Waals surface area contributed by atoms with Gasteiger partial charge in [0.25, 0.3) is 5.91 Å². The Labute approximate surface area is 144 Å².